The van der Waals surface area contributed by atoms with Crippen molar-refractivity contribution in [2.75, 3.05) is 20.2 Å². The number of methoxy groups -OCH3 is 1. The van der Waals surface area contributed by atoms with Crippen LogP contribution in [-0.4, -0.2) is 31.1 Å². The summed E-state index contributed by atoms with van der Waals surface area (Å²) in [5.74, 6) is 1.46. The monoisotopic (exact) mass is 297 g/mol. The highest BCUT2D eigenvalue weighted by molar-refractivity contribution is 9.10. The number of guanidine groups is 1. The molecule has 92 valence electrons. The number of rotatable bonds is 3. The zero-order valence-corrected chi connectivity index (χ0v) is 11.4. The average Bonchev–Trinajstić information content (AvgIpc) is 2.24. The summed E-state index contributed by atoms with van der Waals surface area (Å²) in [6.45, 7) is 2.60. The van der Waals surface area contributed by atoms with Gasteiger partial charge < -0.3 is 15.4 Å². The Balaban J connectivity index is 2.07. The summed E-state index contributed by atoms with van der Waals surface area (Å²) in [6, 6.07) is 5.91. The third-order valence-corrected chi connectivity index (χ3v) is 3.33. The SMILES string of the molecule is COc1cc(Br)ccc1CN=C(N)N1CCC1. The van der Waals surface area contributed by atoms with E-state index in [1.165, 1.54) is 6.42 Å². The molecule has 0 radical (unpaired) electrons. The van der Waals surface area contributed by atoms with Crippen molar-refractivity contribution in [2.24, 2.45) is 10.7 Å². The fraction of sp³-hybridized carbons (Fsp3) is 0.417. The van der Waals surface area contributed by atoms with Gasteiger partial charge in [-0.3, -0.25) is 0 Å². The Bertz CT molecular complexity index is 430. The van der Waals surface area contributed by atoms with Gasteiger partial charge in [0.05, 0.1) is 13.7 Å². The van der Waals surface area contributed by atoms with E-state index in [9.17, 15) is 0 Å². The van der Waals surface area contributed by atoms with E-state index in [0.29, 0.717) is 12.5 Å². The summed E-state index contributed by atoms with van der Waals surface area (Å²) >= 11 is 3.41. The van der Waals surface area contributed by atoms with Crippen molar-refractivity contribution in [3.05, 3.63) is 28.2 Å². The maximum atomic E-state index is 5.87. The van der Waals surface area contributed by atoms with Gasteiger partial charge in [-0.15, -0.1) is 0 Å². The van der Waals surface area contributed by atoms with Crippen LogP contribution < -0.4 is 10.5 Å². The number of likely N-dealkylation sites (tertiary alicyclic amines) is 1. The minimum atomic E-state index is 0.554. The lowest BCUT2D eigenvalue weighted by molar-refractivity contribution is 0.295. The van der Waals surface area contributed by atoms with Gasteiger partial charge in [0, 0.05) is 23.1 Å². The highest BCUT2D eigenvalue weighted by atomic mass is 79.9. The predicted molar refractivity (Wildman–Crippen MR) is 72.2 cm³/mol. The number of aliphatic imine (C=N–C) groups is 1. The largest absolute Gasteiger partial charge is 0.496 e. The Labute approximate surface area is 110 Å². The molecular weight excluding hydrogens is 282 g/mol. The minimum Gasteiger partial charge on any atom is -0.496 e. The van der Waals surface area contributed by atoms with Crippen LogP contribution in [0.1, 0.15) is 12.0 Å². The molecule has 0 unspecified atom stereocenters. The molecule has 1 fully saturated rings. The van der Waals surface area contributed by atoms with Crippen LogP contribution in [0.25, 0.3) is 0 Å². The van der Waals surface area contributed by atoms with Crippen LogP contribution in [0, 0.1) is 0 Å². The third-order valence-electron chi connectivity index (χ3n) is 2.84. The van der Waals surface area contributed by atoms with E-state index in [0.717, 1.165) is 28.9 Å². The van der Waals surface area contributed by atoms with Crippen LogP contribution in [0.5, 0.6) is 5.75 Å². The Hall–Kier alpha value is -1.23. The topological polar surface area (TPSA) is 50.9 Å². The first-order chi connectivity index (χ1) is 8.20. The van der Waals surface area contributed by atoms with Gasteiger partial charge in [-0.05, 0) is 18.6 Å². The first kappa shape index (κ1) is 12.2. The fourth-order valence-corrected chi connectivity index (χ4v) is 2.00. The van der Waals surface area contributed by atoms with Gasteiger partial charge >= 0.3 is 0 Å². The number of hydrogen-bond acceptors (Lipinski definition) is 2. The Morgan fingerprint density at radius 3 is 2.88 bits per heavy atom. The lowest BCUT2D eigenvalue weighted by atomic mass is 10.2. The molecule has 0 amide bonds. The molecule has 0 bridgehead atoms. The van der Waals surface area contributed by atoms with Crippen LogP contribution in [0.2, 0.25) is 0 Å². The summed E-state index contributed by atoms with van der Waals surface area (Å²) in [4.78, 5) is 6.45. The Kier molecular flexibility index (Phi) is 3.89. The molecule has 0 atom stereocenters. The molecule has 0 saturated carbocycles. The Morgan fingerprint density at radius 2 is 2.29 bits per heavy atom. The molecule has 4 nitrogen and oxygen atoms in total. The van der Waals surface area contributed by atoms with Crippen molar-refractivity contribution in [1.29, 1.82) is 0 Å². The summed E-state index contributed by atoms with van der Waals surface area (Å²) in [6.07, 6.45) is 1.21. The lowest BCUT2D eigenvalue weighted by Crippen LogP contribution is -2.46. The summed E-state index contributed by atoms with van der Waals surface area (Å²) in [7, 11) is 1.66. The molecule has 2 rings (SSSR count). The van der Waals surface area contributed by atoms with Gasteiger partial charge in [-0.2, -0.15) is 0 Å². The van der Waals surface area contributed by atoms with Crippen molar-refractivity contribution < 1.29 is 4.74 Å². The normalized spacial score (nSPS) is 15.6. The van der Waals surface area contributed by atoms with Crippen molar-refractivity contribution in [1.82, 2.24) is 4.90 Å². The molecule has 1 aromatic carbocycles. The molecule has 1 aliphatic heterocycles. The van der Waals surface area contributed by atoms with Gasteiger partial charge in [-0.1, -0.05) is 22.0 Å². The number of hydrogen-bond donors (Lipinski definition) is 1. The van der Waals surface area contributed by atoms with Crippen LogP contribution in [0.15, 0.2) is 27.7 Å². The molecule has 17 heavy (non-hydrogen) atoms. The van der Waals surface area contributed by atoms with E-state index in [1.54, 1.807) is 7.11 Å². The minimum absolute atomic E-state index is 0.554. The summed E-state index contributed by atoms with van der Waals surface area (Å²) < 4.78 is 6.30. The molecular formula is C12H16BrN3O. The number of nitrogens with zero attached hydrogens (tertiary/aromatic N) is 2. The summed E-state index contributed by atoms with van der Waals surface area (Å²) in [5, 5.41) is 0. The van der Waals surface area contributed by atoms with Gasteiger partial charge in [0.15, 0.2) is 5.96 Å². The summed E-state index contributed by atoms with van der Waals surface area (Å²) in [5.41, 5.74) is 6.91. The van der Waals surface area contributed by atoms with Crippen molar-refractivity contribution >= 4 is 21.9 Å². The first-order valence-corrected chi connectivity index (χ1v) is 6.37. The highest BCUT2D eigenvalue weighted by Gasteiger charge is 2.15. The number of nitrogens with two attached hydrogens (primary N) is 1. The van der Waals surface area contributed by atoms with Crippen LogP contribution in [0.4, 0.5) is 0 Å². The standard InChI is InChI=1S/C12H16BrN3O/c1-17-11-7-10(13)4-3-9(11)8-15-12(14)16-5-2-6-16/h3-4,7H,2,5-6,8H2,1H3,(H2,14,15). The molecule has 1 aliphatic rings. The van der Waals surface area contributed by atoms with Crippen molar-refractivity contribution in [3.8, 4) is 5.75 Å². The smallest absolute Gasteiger partial charge is 0.191 e. The zero-order valence-electron chi connectivity index (χ0n) is 9.82. The van der Waals surface area contributed by atoms with Gasteiger partial charge in [-0.25, -0.2) is 4.99 Å². The molecule has 1 heterocycles. The average molecular weight is 298 g/mol. The van der Waals surface area contributed by atoms with Gasteiger partial charge in [0.2, 0.25) is 0 Å². The van der Waals surface area contributed by atoms with Crippen LogP contribution >= 0.6 is 15.9 Å². The van der Waals surface area contributed by atoms with Crippen molar-refractivity contribution in [2.45, 2.75) is 13.0 Å². The van der Waals surface area contributed by atoms with Crippen LogP contribution in [0.3, 0.4) is 0 Å². The molecule has 5 heteroatoms. The molecule has 0 aliphatic carbocycles. The molecule has 2 N–H and O–H groups in total. The number of halogens is 1. The zero-order chi connectivity index (χ0) is 12.3. The van der Waals surface area contributed by atoms with E-state index >= 15 is 0 Å². The molecule has 0 spiro atoms. The van der Waals surface area contributed by atoms with E-state index in [2.05, 4.69) is 25.8 Å². The Morgan fingerprint density at radius 1 is 1.53 bits per heavy atom. The second-order valence-corrected chi connectivity index (χ2v) is 4.89. The van der Waals surface area contributed by atoms with E-state index in [-0.39, 0.29) is 0 Å². The molecule has 0 aromatic heterocycles. The second-order valence-electron chi connectivity index (χ2n) is 3.97. The maximum Gasteiger partial charge on any atom is 0.191 e. The van der Waals surface area contributed by atoms with Gasteiger partial charge in [0.25, 0.3) is 0 Å². The number of ether oxygens (including phenoxy) is 1. The van der Waals surface area contributed by atoms with Crippen molar-refractivity contribution in [3.63, 3.8) is 0 Å². The van der Waals surface area contributed by atoms with Crippen LogP contribution in [-0.2, 0) is 6.54 Å². The van der Waals surface area contributed by atoms with E-state index < -0.39 is 0 Å². The number of benzene rings is 1. The van der Waals surface area contributed by atoms with E-state index in [4.69, 9.17) is 10.5 Å². The third kappa shape index (κ3) is 2.91. The molecule has 1 saturated heterocycles. The first-order valence-electron chi connectivity index (χ1n) is 5.58. The lowest BCUT2D eigenvalue weighted by Gasteiger charge is -2.31. The highest BCUT2D eigenvalue weighted by Crippen LogP contribution is 2.24. The predicted octanol–water partition coefficient (Wildman–Crippen LogP) is 1.98. The fourth-order valence-electron chi connectivity index (χ4n) is 1.66. The van der Waals surface area contributed by atoms with E-state index in [1.807, 2.05) is 18.2 Å². The maximum absolute atomic E-state index is 5.87. The second kappa shape index (κ2) is 5.40. The van der Waals surface area contributed by atoms with Gasteiger partial charge in [0.1, 0.15) is 5.75 Å². The molecule has 1 aromatic rings. The quantitative estimate of drug-likeness (QED) is 0.686.